The molecule has 0 bridgehead atoms. The van der Waals surface area contributed by atoms with Crippen molar-refractivity contribution in [2.24, 2.45) is 0 Å². The minimum absolute atomic E-state index is 0.158. The summed E-state index contributed by atoms with van der Waals surface area (Å²) >= 11 is 0. The van der Waals surface area contributed by atoms with E-state index in [1.54, 1.807) is 12.4 Å². The van der Waals surface area contributed by atoms with Gasteiger partial charge in [-0.15, -0.1) is 0 Å². The number of imidazole rings is 1. The van der Waals surface area contributed by atoms with Gasteiger partial charge in [0.05, 0.1) is 11.0 Å². The summed E-state index contributed by atoms with van der Waals surface area (Å²) in [5, 5.41) is 16.6. The van der Waals surface area contributed by atoms with Gasteiger partial charge in [0.25, 0.3) is 11.6 Å². The van der Waals surface area contributed by atoms with E-state index in [1.807, 2.05) is 6.92 Å². The summed E-state index contributed by atoms with van der Waals surface area (Å²) in [4.78, 5) is 29.2. The Balaban J connectivity index is 2.30. The second kappa shape index (κ2) is 6.04. The Morgan fingerprint density at radius 2 is 2.24 bits per heavy atom. The highest BCUT2D eigenvalue weighted by Crippen LogP contribution is 2.28. The van der Waals surface area contributed by atoms with Crippen molar-refractivity contribution in [3.63, 3.8) is 0 Å². The van der Waals surface area contributed by atoms with Gasteiger partial charge >= 0.3 is 0 Å². The van der Waals surface area contributed by atoms with E-state index in [4.69, 9.17) is 0 Å². The number of anilines is 1. The molecule has 1 atom stereocenters. The molecule has 0 radical (unpaired) electrons. The van der Waals surface area contributed by atoms with E-state index in [9.17, 15) is 14.9 Å². The van der Waals surface area contributed by atoms with Crippen molar-refractivity contribution in [2.75, 3.05) is 12.4 Å². The molecule has 1 amide bonds. The molecule has 0 saturated carbocycles. The number of carbonyl (C=O) groups excluding carboxylic acids is 1. The van der Waals surface area contributed by atoms with Crippen molar-refractivity contribution < 1.29 is 9.72 Å². The maximum atomic E-state index is 11.5. The maximum Gasteiger partial charge on any atom is 0.293 e. The number of rotatable bonds is 5. The van der Waals surface area contributed by atoms with Crippen LogP contribution < -0.4 is 10.6 Å². The van der Waals surface area contributed by atoms with Crippen LogP contribution in [-0.2, 0) is 0 Å². The molecule has 1 aromatic carbocycles. The molecule has 1 heterocycles. The highest BCUT2D eigenvalue weighted by Gasteiger charge is 2.19. The van der Waals surface area contributed by atoms with Gasteiger partial charge in [-0.2, -0.15) is 0 Å². The predicted molar refractivity (Wildman–Crippen MR) is 77.1 cm³/mol. The number of amides is 1. The predicted octanol–water partition coefficient (Wildman–Crippen LogP) is 1.85. The van der Waals surface area contributed by atoms with Crippen molar-refractivity contribution in [1.82, 2.24) is 15.3 Å². The first kappa shape index (κ1) is 14.5. The summed E-state index contributed by atoms with van der Waals surface area (Å²) < 4.78 is 0. The van der Waals surface area contributed by atoms with Crippen molar-refractivity contribution in [1.29, 1.82) is 0 Å². The van der Waals surface area contributed by atoms with Crippen LogP contribution in [0.25, 0.3) is 0 Å². The molecule has 0 aliphatic heterocycles. The second-order valence-electron chi connectivity index (χ2n) is 4.41. The topological polar surface area (TPSA) is 113 Å². The zero-order chi connectivity index (χ0) is 15.4. The minimum atomic E-state index is -0.524. The molecule has 0 aliphatic rings. The third-order valence-electron chi connectivity index (χ3n) is 2.99. The van der Waals surface area contributed by atoms with Crippen molar-refractivity contribution in [2.45, 2.75) is 13.0 Å². The van der Waals surface area contributed by atoms with E-state index in [1.165, 1.54) is 25.2 Å². The number of nitrogens with one attached hydrogen (secondary N) is 3. The number of hydrogen-bond donors (Lipinski definition) is 3. The van der Waals surface area contributed by atoms with Gasteiger partial charge in [-0.3, -0.25) is 14.9 Å². The number of aromatic nitrogens is 2. The van der Waals surface area contributed by atoms with Crippen LogP contribution in [0.4, 0.5) is 11.4 Å². The van der Waals surface area contributed by atoms with Gasteiger partial charge < -0.3 is 15.6 Å². The molecule has 21 heavy (non-hydrogen) atoms. The molecule has 1 aromatic heterocycles. The van der Waals surface area contributed by atoms with Crippen LogP contribution in [0.1, 0.15) is 29.1 Å². The Morgan fingerprint density at radius 1 is 1.48 bits per heavy atom. The number of benzene rings is 1. The van der Waals surface area contributed by atoms with Crippen molar-refractivity contribution in [3.8, 4) is 0 Å². The number of nitrogens with zero attached hydrogens (tertiary/aromatic N) is 2. The van der Waals surface area contributed by atoms with E-state index in [-0.39, 0.29) is 23.2 Å². The first-order valence-corrected chi connectivity index (χ1v) is 6.29. The quantitative estimate of drug-likeness (QED) is 0.574. The lowest BCUT2D eigenvalue weighted by Gasteiger charge is -2.13. The van der Waals surface area contributed by atoms with Crippen LogP contribution in [-0.4, -0.2) is 27.8 Å². The van der Waals surface area contributed by atoms with Gasteiger partial charge in [0.1, 0.15) is 11.5 Å². The van der Waals surface area contributed by atoms with Gasteiger partial charge in [0.2, 0.25) is 0 Å². The summed E-state index contributed by atoms with van der Waals surface area (Å²) in [7, 11) is 1.47. The van der Waals surface area contributed by atoms with E-state index in [0.717, 1.165) is 0 Å². The Kier molecular flexibility index (Phi) is 4.17. The lowest BCUT2D eigenvalue weighted by molar-refractivity contribution is -0.384. The highest BCUT2D eigenvalue weighted by atomic mass is 16.6. The lowest BCUT2D eigenvalue weighted by atomic mass is 10.1. The van der Waals surface area contributed by atoms with Gasteiger partial charge in [0.15, 0.2) is 0 Å². The molecule has 8 nitrogen and oxygen atoms in total. The van der Waals surface area contributed by atoms with Gasteiger partial charge in [-0.25, -0.2) is 4.98 Å². The van der Waals surface area contributed by atoms with Crippen LogP contribution in [0.5, 0.6) is 0 Å². The minimum Gasteiger partial charge on any atom is -0.370 e. The number of nitro benzene ring substituents is 1. The molecule has 0 spiro atoms. The van der Waals surface area contributed by atoms with Crippen molar-refractivity contribution >= 4 is 17.3 Å². The fourth-order valence-electron chi connectivity index (χ4n) is 1.91. The lowest BCUT2D eigenvalue weighted by Crippen LogP contribution is -2.18. The summed E-state index contributed by atoms with van der Waals surface area (Å²) in [5.74, 6) is 0.295. The number of nitro groups is 1. The average Bonchev–Trinajstić information content (AvgIpc) is 3.00. The summed E-state index contributed by atoms with van der Waals surface area (Å²) in [6, 6.07) is 4.06. The molecule has 8 heteroatoms. The van der Waals surface area contributed by atoms with Crippen LogP contribution >= 0.6 is 0 Å². The third kappa shape index (κ3) is 3.16. The molecule has 3 N–H and O–H groups in total. The first-order valence-electron chi connectivity index (χ1n) is 6.29. The molecule has 0 fully saturated rings. The first-order chi connectivity index (χ1) is 10.0. The van der Waals surface area contributed by atoms with Gasteiger partial charge in [-0.05, 0) is 19.1 Å². The highest BCUT2D eigenvalue weighted by molar-refractivity contribution is 5.95. The zero-order valence-corrected chi connectivity index (χ0v) is 11.6. The molecule has 110 valence electrons. The zero-order valence-electron chi connectivity index (χ0n) is 11.6. The Morgan fingerprint density at radius 3 is 2.81 bits per heavy atom. The molecule has 0 saturated heterocycles. The molecular formula is C13H15N5O3. The average molecular weight is 289 g/mol. The molecule has 0 aliphatic carbocycles. The number of aromatic amines is 1. The standard InChI is InChI=1S/C13H15N5O3/c1-8(12-15-5-6-16-12)17-10-4-3-9(13(19)14-2)7-11(10)18(20)21/h3-8,17H,1-2H3,(H,14,19)(H,15,16). The maximum absolute atomic E-state index is 11.5. The van der Waals surface area contributed by atoms with E-state index >= 15 is 0 Å². The van der Waals surface area contributed by atoms with E-state index < -0.39 is 4.92 Å². The molecule has 2 rings (SSSR count). The fraction of sp³-hybridized carbons (Fsp3) is 0.231. The Labute approximate surface area is 120 Å². The van der Waals surface area contributed by atoms with Gasteiger partial charge in [-0.1, -0.05) is 0 Å². The Bertz CT molecular complexity index is 654. The smallest absolute Gasteiger partial charge is 0.293 e. The number of H-pyrrole nitrogens is 1. The monoisotopic (exact) mass is 289 g/mol. The van der Waals surface area contributed by atoms with Crippen LogP contribution in [0, 0.1) is 10.1 Å². The molecule has 2 aromatic rings. The van der Waals surface area contributed by atoms with Crippen LogP contribution in [0.15, 0.2) is 30.6 Å². The largest absolute Gasteiger partial charge is 0.370 e. The Hall–Kier alpha value is -2.90. The molecule has 1 unspecified atom stereocenters. The fourth-order valence-corrected chi connectivity index (χ4v) is 1.91. The normalized spacial score (nSPS) is 11.7. The van der Waals surface area contributed by atoms with E-state index in [2.05, 4.69) is 20.6 Å². The third-order valence-corrected chi connectivity index (χ3v) is 2.99. The van der Waals surface area contributed by atoms with Crippen LogP contribution in [0.2, 0.25) is 0 Å². The summed E-state index contributed by atoms with van der Waals surface area (Å²) in [5.41, 5.74) is 0.409. The SMILES string of the molecule is CNC(=O)c1ccc(NC(C)c2ncc[nH]2)c([N+](=O)[O-])c1. The van der Waals surface area contributed by atoms with Crippen molar-refractivity contribution in [3.05, 3.63) is 52.1 Å². The number of carbonyl (C=O) groups is 1. The second-order valence-corrected chi connectivity index (χ2v) is 4.41. The summed E-state index contributed by atoms with van der Waals surface area (Å²) in [6.45, 7) is 1.83. The van der Waals surface area contributed by atoms with E-state index in [0.29, 0.717) is 11.5 Å². The molecular weight excluding hydrogens is 274 g/mol. The number of hydrogen-bond acceptors (Lipinski definition) is 5. The van der Waals surface area contributed by atoms with Crippen LogP contribution in [0.3, 0.4) is 0 Å². The summed E-state index contributed by atoms with van der Waals surface area (Å²) in [6.07, 6.45) is 3.28. The van der Waals surface area contributed by atoms with Gasteiger partial charge in [0, 0.05) is 31.1 Å².